The molecule has 12 heavy (non-hydrogen) atoms. The molecule has 4 nitrogen and oxygen atoms in total. The van der Waals surface area contributed by atoms with E-state index < -0.39 is 23.6 Å². The van der Waals surface area contributed by atoms with Crippen molar-refractivity contribution in [2.24, 2.45) is 0 Å². The topological polar surface area (TPSA) is 55.5 Å². The quantitative estimate of drug-likeness (QED) is 0.715. The first-order valence-electron chi connectivity index (χ1n) is 2.76. The van der Waals surface area contributed by atoms with Crippen molar-refractivity contribution >= 4 is 0 Å². The number of ether oxygens (including phenoxy) is 1. The molecule has 68 valence electrons. The monoisotopic (exact) mass is 183 g/mol. The fraction of sp³-hybridized carbons (Fsp3) is 0.400. The molecular formula is C5H4F3NO3. The lowest BCUT2D eigenvalue weighted by molar-refractivity contribution is -0.140. The van der Waals surface area contributed by atoms with E-state index in [1.807, 2.05) is 0 Å². The minimum absolute atomic E-state index is 0.778. The van der Waals surface area contributed by atoms with Crippen molar-refractivity contribution in [3.63, 3.8) is 0 Å². The van der Waals surface area contributed by atoms with E-state index in [2.05, 4.69) is 14.4 Å². The van der Waals surface area contributed by atoms with Crippen molar-refractivity contribution in [2.75, 3.05) is 7.11 Å². The lowest BCUT2D eigenvalue weighted by Gasteiger charge is -2.03. The highest BCUT2D eigenvalue weighted by atomic mass is 19.4. The minimum atomic E-state index is -4.73. The van der Waals surface area contributed by atoms with Crippen LogP contribution >= 0.6 is 0 Å². The Morgan fingerprint density at radius 3 is 2.42 bits per heavy atom. The fourth-order valence-corrected chi connectivity index (χ4v) is 0.649. The van der Waals surface area contributed by atoms with Gasteiger partial charge in [0.2, 0.25) is 5.56 Å². The molecule has 0 atom stereocenters. The summed E-state index contributed by atoms with van der Waals surface area (Å²) in [5.41, 5.74) is -1.40. The Morgan fingerprint density at radius 1 is 1.50 bits per heavy atom. The lowest BCUT2D eigenvalue weighted by Crippen LogP contribution is -2.05. The van der Waals surface area contributed by atoms with E-state index in [9.17, 15) is 13.2 Å². The second-order valence-corrected chi connectivity index (χ2v) is 1.87. The number of hydrogen-bond acceptors (Lipinski definition) is 4. The van der Waals surface area contributed by atoms with Crippen LogP contribution in [0.15, 0.2) is 4.52 Å². The van der Waals surface area contributed by atoms with Gasteiger partial charge in [-0.05, 0) is 5.16 Å². The highest BCUT2D eigenvalue weighted by Gasteiger charge is 2.42. The molecule has 0 amide bonds. The van der Waals surface area contributed by atoms with Crippen molar-refractivity contribution in [1.82, 2.24) is 5.16 Å². The van der Waals surface area contributed by atoms with E-state index in [0.29, 0.717) is 0 Å². The highest BCUT2D eigenvalue weighted by Crippen LogP contribution is 2.41. The Balaban J connectivity index is 3.19. The zero-order valence-electron chi connectivity index (χ0n) is 5.84. The van der Waals surface area contributed by atoms with Crippen molar-refractivity contribution < 1.29 is 27.5 Å². The number of nitrogens with zero attached hydrogens (tertiary/aromatic N) is 1. The van der Waals surface area contributed by atoms with Gasteiger partial charge >= 0.3 is 12.1 Å². The van der Waals surface area contributed by atoms with E-state index in [0.717, 1.165) is 7.11 Å². The smallest absolute Gasteiger partial charge is 0.428 e. The number of hydrogen-bond donors (Lipinski definition) is 1. The molecule has 0 aromatic carbocycles. The van der Waals surface area contributed by atoms with Gasteiger partial charge in [-0.25, -0.2) is 0 Å². The standard InChI is InChI=1S/C5H4F3NO3/c1-11-3-2(5(6,7)8)4(10)12-9-3/h10H,1H3. The SMILES string of the molecule is COc1noc(O)c1C(F)(F)F. The highest BCUT2D eigenvalue weighted by molar-refractivity contribution is 5.34. The molecule has 0 spiro atoms. The molecule has 0 bridgehead atoms. The maximum absolute atomic E-state index is 12.0. The predicted molar refractivity (Wildman–Crippen MR) is 29.7 cm³/mol. The summed E-state index contributed by atoms with van der Waals surface area (Å²) in [4.78, 5) is 0. The molecule has 0 aliphatic heterocycles. The van der Waals surface area contributed by atoms with Crippen molar-refractivity contribution in [3.05, 3.63) is 5.56 Å². The van der Waals surface area contributed by atoms with Crippen LogP contribution in [-0.2, 0) is 6.18 Å². The third-order valence-electron chi connectivity index (χ3n) is 1.12. The van der Waals surface area contributed by atoms with Gasteiger partial charge in [-0.15, -0.1) is 0 Å². The van der Waals surface area contributed by atoms with E-state index in [1.165, 1.54) is 0 Å². The number of methoxy groups -OCH3 is 1. The average molecular weight is 183 g/mol. The second-order valence-electron chi connectivity index (χ2n) is 1.87. The molecule has 1 aromatic heterocycles. The molecular weight excluding hydrogens is 179 g/mol. The third-order valence-corrected chi connectivity index (χ3v) is 1.12. The summed E-state index contributed by atoms with van der Waals surface area (Å²) in [7, 11) is 0.993. The first kappa shape index (κ1) is 8.69. The number of alkyl halides is 3. The lowest BCUT2D eigenvalue weighted by atomic mass is 10.3. The van der Waals surface area contributed by atoms with Gasteiger partial charge in [-0.2, -0.15) is 13.2 Å². The Hall–Kier alpha value is -1.40. The molecule has 1 aromatic rings. The van der Waals surface area contributed by atoms with E-state index in [4.69, 9.17) is 5.11 Å². The van der Waals surface area contributed by atoms with E-state index in [-0.39, 0.29) is 0 Å². The Bertz CT molecular complexity index is 280. The van der Waals surface area contributed by atoms with Gasteiger partial charge in [-0.1, -0.05) is 0 Å². The Labute approximate surface area is 64.5 Å². The number of aromatic nitrogens is 1. The van der Waals surface area contributed by atoms with E-state index >= 15 is 0 Å². The van der Waals surface area contributed by atoms with Crippen LogP contribution in [0, 0.1) is 0 Å². The molecule has 0 unspecified atom stereocenters. The van der Waals surface area contributed by atoms with Crippen LogP contribution in [0.3, 0.4) is 0 Å². The normalized spacial score (nSPS) is 11.7. The number of aromatic hydroxyl groups is 1. The van der Waals surface area contributed by atoms with Crippen LogP contribution in [0.4, 0.5) is 13.2 Å². The average Bonchev–Trinajstić information content (AvgIpc) is 2.29. The molecule has 0 fully saturated rings. The Morgan fingerprint density at radius 2 is 2.08 bits per heavy atom. The second kappa shape index (κ2) is 2.58. The van der Waals surface area contributed by atoms with Crippen LogP contribution < -0.4 is 4.74 Å². The summed E-state index contributed by atoms with van der Waals surface area (Å²) in [6.45, 7) is 0. The van der Waals surface area contributed by atoms with Crippen LogP contribution in [0.5, 0.6) is 11.8 Å². The van der Waals surface area contributed by atoms with Gasteiger partial charge in [0.25, 0.3) is 5.88 Å². The van der Waals surface area contributed by atoms with Gasteiger partial charge in [0.1, 0.15) is 0 Å². The molecule has 0 aliphatic rings. The number of halogens is 3. The van der Waals surface area contributed by atoms with E-state index in [1.54, 1.807) is 0 Å². The fourth-order valence-electron chi connectivity index (χ4n) is 0.649. The molecule has 1 N–H and O–H groups in total. The first-order chi connectivity index (χ1) is 5.46. The molecule has 1 heterocycles. The maximum atomic E-state index is 12.0. The third kappa shape index (κ3) is 1.29. The van der Waals surface area contributed by atoms with Gasteiger partial charge in [0, 0.05) is 0 Å². The van der Waals surface area contributed by atoms with Crippen LogP contribution in [-0.4, -0.2) is 17.4 Å². The van der Waals surface area contributed by atoms with Gasteiger partial charge in [0.15, 0.2) is 0 Å². The molecule has 1 rings (SSSR count). The van der Waals surface area contributed by atoms with Gasteiger partial charge in [-0.3, -0.25) is 0 Å². The summed E-state index contributed by atoms with van der Waals surface area (Å²) in [5, 5.41) is 11.4. The van der Waals surface area contributed by atoms with Gasteiger partial charge in [0.05, 0.1) is 7.11 Å². The summed E-state index contributed by atoms with van der Waals surface area (Å²) >= 11 is 0. The van der Waals surface area contributed by atoms with Crippen LogP contribution in [0.25, 0.3) is 0 Å². The molecule has 7 heteroatoms. The minimum Gasteiger partial charge on any atom is -0.479 e. The summed E-state index contributed by atoms with van der Waals surface area (Å²) in [6, 6.07) is 0. The largest absolute Gasteiger partial charge is 0.479 e. The first-order valence-corrected chi connectivity index (χ1v) is 2.76. The predicted octanol–water partition coefficient (Wildman–Crippen LogP) is 1.41. The summed E-state index contributed by atoms with van der Waals surface area (Å²) < 4.78 is 44.1. The van der Waals surface area contributed by atoms with Crippen molar-refractivity contribution in [2.45, 2.75) is 6.18 Å². The number of rotatable bonds is 1. The summed E-state index contributed by atoms with van der Waals surface area (Å²) in [5.74, 6) is -2.07. The molecule has 0 aliphatic carbocycles. The van der Waals surface area contributed by atoms with Crippen molar-refractivity contribution in [1.29, 1.82) is 0 Å². The van der Waals surface area contributed by atoms with Crippen molar-refractivity contribution in [3.8, 4) is 11.8 Å². The van der Waals surface area contributed by atoms with Crippen LogP contribution in [0.1, 0.15) is 5.56 Å². The molecule has 0 radical (unpaired) electrons. The molecule has 0 saturated heterocycles. The molecule has 0 saturated carbocycles. The maximum Gasteiger partial charge on any atom is 0.428 e. The zero-order chi connectivity index (χ0) is 9.35. The van der Waals surface area contributed by atoms with Crippen LogP contribution in [0.2, 0.25) is 0 Å². The zero-order valence-corrected chi connectivity index (χ0v) is 5.84. The van der Waals surface area contributed by atoms with Gasteiger partial charge < -0.3 is 14.4 Å². The Kier molecular flexibility index (Phi) is 1.87. The summed E-state index contributed by atoms with van der Waals surface area (Å²) in [6.07, 6.45) is -4.73.